The Balaban J connectivity index is 1.88. The Kier molecular flexibility index (Phi) is 6.89. The van der Waals surface area contributed by atoms with Crippen LogP contribution in [-0.2, 0) is 14.3 Å². The van der Waals surface area contributed by atoms with Crippen molar-refractivity contribution in [2.24, 2.45) is 0 Å². The molecule has 1 atom stereocenters. The van der Waals surface area contributed by atoms with E-state index in [4.69, 9.17) is 9.47 Å². The van der Waals surface area contributed by atoms with E-state index in [0.717, 1.165) is 16.2 Å². The topological polar surface area (TPSA) is 126 Å². The quantitative estimate of drug-likeness (QED) is 0.161. The van der Waals surface area contributed by atoms with Crippen molar-refractivity contribution >= 4 is 39.9 Å². The molecule has 1 unspecified atom stereocenters. The summed E-state index contributed by atoms with van der Waals surface area (Å²) < 4.78 is 10.3. The van der Waals surface area contributed by atoms with E-state index in [1.54, 1.807) is 25.1 Å². The molecule has 9 nitrogen and oxygen atoms in total. The minimum Gasteiger partial charge on any atom is -0.508 e. The molecule has 10 heteroatoms. The number of aliphatic hydroxyl groups excluding tert-OH is 1. The van der Waals surface area contributed by atoms with E-state index >= 15 is 0 Å². The first-order chi connectivity index (χ1) is 17.3. The number of aryl methyl sites for hydroxylation is 1. The van der Waals surface area contributed by atoms with Crippen molar-refractivity contribution < 1.29 is 34.1 Å². The molecule has 1 amide bonds. The predicted molar refractivity (Wildman–Crippen MR) is 133 cm³/mol. The van der Waals surface area contributed by atoms with E-state index in [9.17, 15) is 24.6 Å². The van der Waals surface area contributed by atoms with Gasteiger partial charge in [-0.1, -0.05) is 48.3 Å². The number of nitrogens with zero attached hydrogens (tertiary/aromatic N) is 2. The lowest BCUT2D eigenvalue weighted by Crippen LogP contribution is -2.29. The van der Waals surface area contributed by atoms with Crippen LogP contribution in [0.5, 0.6) is 11.5 Å². The second-order valence-corrected chi connectivity index (χ2v) is 8.77. The fraction of sp³-hybridized carbons (Fsp3) is 0.154. The van der Waals surface area contributed by atoms with Crippen molar-refractivity contribution in [3.63, 3.8) is 0 Å². The van der Waals surface area contributed by atoms with Crippen LogP contribution in [0.15, 0.2) is 66.8 Å². The number of ketones is 1. The average molecular weight is 507 g/mol. The number of methoxy groups -OCH3 is 1. The van der Waals surface area contributed by atoms with Gasteiger partial charge in [0, 0.05) is 5.56 Å². The summed E-state index contributed by atoms with van der Waals surface area (Å²) in [6.07, 6.45) is 1.43. The number of benzene rings is 2. The zero-order valence-electron chi connectivity index (χ0n) is 19.4. The van der Waals surface area contributed by atoms with Gasteiger partial charge >= 0.3 is 11.9 Å². The zero-order valence-corrected chi connectivity index (χ0v) is 20.2. The molecule has 4 rings (SSSR count). The summed E-state index contributed by atoms with van der Waals surface area (Å²) >= 11 is 0.898. The van der Waals surface area contributed by atoms with E-state index in [1.165, 1.54) is 43.5 Å². The number of phenolic OH excluding ortho intramolecular Hbond substituents is 1. The summed E-state index contributed by atoms with van der Waals surface area (Å²) in [6.45, 7) is 5.11. The van der Waals surface area contributed by atoms with Gasteiger partial charge in [-0.2, -0.15) is 0 Å². The number of aromatic hydroxyl groups is 1. The SMILES string of the molecule is C=CCOC(=O)c1sc(N2C(=O)C(=O)/C(=C(/O)c3cccc(OC)c3)C2c2ccc(O)cc2)nc1C. The van der Waals surface area contributed by atoms with Crippen molar-refractivity contribution in [1.82, 2.24) is 4.98 Å². The molecule has 2 aromatic carbocycles. The zero-order chi connectivity index (χ0) is 26.0. The maximum atomic E-state index is 13.3. The van der Waals surface area contributed by atoms with Gasteiger partial charge in [-0.05, 0) is 36.8 Å². The highest BCUT2D eigenvalue weighted by Gasteiger charge is 2.48. The van der Waals surface area contributed by atoms with Crippen molar-refractivity contribution in [3.05, 3.63) is 88.5 Å². The first kappa shape index (κ1) is 24.7. The molecule has 1 saturated heterocycles. The molecular weight excluding hydrogens is 484 g/mol. The highest BCUT2D eigenvalue weighted by molar-refractivity contribution is 7.17. The number of amides is 1. The van der Waals surface area contributed by atoms with Crippen LogP contribution in [-0.4, -0.2) is 46.6 Å². The fourth-order valence-electron chi connectivity index (χ4n) is 3.80. The highest BCUT2D eigenvalue weighted by Crippen LogP contribution is 2.44. The number of thiazole rings is 1. The molecule has 0 aliphatic carbocycles. The molecular formula is C26H22N2O7S. The average Bonchev–Trinajstić information content (AvgIpc) is 3.39. The molecule has 1 aliphatic heterocycles. The Bertz CT molecular complexity index is 1390. The monoisotopic (exact) mass is 506 g/mol. The van der Waals surface area contributed by atoms with E-state index < -0.39 is 29.5 Å². The highest BCUT2D eigenvalue weighted by atomic mass is 32.1. The van der Waals surface area contributed by atoms with Crippen LogP contribution in [0.2, 0.25) is 0 Å². The maximum Gasteiger partial charge on any atom is 0.350 e. The van der Waals surface area contributed by atoms with E-state index in [0.29, 0.717) is 17.0 Å². The van der Waals surface area contributed by atoms with Crippen molar-refractivity contribution in [2.45, 2.75) is 13.0 Å². The second-order valence-electron chi connectivity index (χ2n) is 7.79. The number of ether oxygens (including phenoxy) is 2. The Hall–Kier alpha value is -4.44. The third-order valence-electron chi connectivity index (χ3n) is 5.51. The Morgan fingerprint density at radius 1 is 1.22 bits per heavy atom. The third-order valence-corrected chi connectivity index (χ3v) is 6.64. The molecule has 0 bridgehead atoms. The summed E-state index contributed by atoms with van der Waals surface area (Å²) in [6, 6.07) is 11.3. The number of phenols is 1. The number of Topliss-reactive ketones (excluding diaryl/α,β-unsaturated/α-hetero) is 1. The number of carbonyl (C=O) groups is 3. The summed E-state index contributed by atoms with van der Waals surface area (Å²) in [7, 11) is 1.47. The van der Waals surface area contributed by atoms with Crippen LogP contribution < -0.4 is 9.64 Å². The van der Waals surface area contributed by atoms with Gasteiger partial charge in [0.15, 0.2) is 5.13 Å². The lowest BCUT2D eigenvalue weighted by Gasteiger charge is -2.23. The van der Waals surface area contributed by atoms with Gasteiger partial charge in [0.25, 0.3) is 5.78 Å². The van der Waals surface area contributed by atoms with Gasteiger partial charge in [0.2, 0.25) is 0 Å². The lowest BCUT2D eigenvalue weighted by molar-refractivity contribution is -0.132. The standard InChI is InChI=1S/C26H22N2O7S/c1-4-12-35-25(33)23-14(2)27-26(36-23)28-20(15-8-10-17(29)11-9-15)19(22(31)24(28)32)21(30)16-6-5-7-18(13-16)34-3/h4-11,13,20,29-30H,1,12H2,2-3H3/b21-19+. The number of carbonyl (C=O) groups excluding carboxylic acids is 3. The molecule has 2 N–H and O–H groups in total. The molecule has 3 aromatic rings. The molecule has 0 spiro atoms. The summed E-state index contributed by atoms with van der Waals surface area (Å²) in [4.78, 5) is 44.7. The van der Waals surface area contributed by atoms with E-state index in [2.05, 4.69) is 11.6 Å². The Morgan fingerprint density at radius 2 is 1.94 bits per heavy atom. The molecule has 0 saturated carbocycles. The number of hydrogen-bond acceptors (Lipinski definition) is 9. The summed E-state index contributed by atoms with van der Waals surface area (Å²) in [5, 5.41) is 21.1. The van der Waals surface area contributed by atoms with E-state index in [-0.39, 0.29) is 33.5 Å². The van der Waals surface area contributed by atoms with Crippen LogP contribution in [0.3, 0.4) is 0 Å². The van der Waals surface area contributed by atoms with Crippen LogP contribution in [0.4, 0.5) is 5.13 Å². The van der Waals surface area contributed by atoms with Crippen LogP contribution in [0.1, 0.15) is 32.5 Å². The van der Waals surface area contributed by atoms with Crippen molar-refractivity contribution in [2.75, 3.05) is 18.6 Å². The first-order valence-corrected chi connectivity index (χ1v) is 11.6. The van der Waals surface area contributed by atoms with Crippen molar-refractivity contribution in [1.29, 1.82) is 0 Å². The van der Waals surface area contributed by atoms with E-state index in [1.807, 2.05) is 0 Å². The maximum absolute atomic E-state index is 13.3. The fourth-order valence-corrected chi connectivity index (χ4v) is 4.79. The van der Waals surface area contributed by atoms with Gasteiger partial charge in [-0.3, -0.25) is 14.5 Å². The van der Waals surface area contributed by atoms with Crippen LogP contribution in [0, 0.1) is 6.92 Å². The molecule has 1 fully saturated rings. The number of aliphatic hydroxyl groups is 1. The normalized spacial score (nSPS) is 16.7. The largest absolute Gasteiger partial charge is 0.508 e. The van der Waals surface area contributed by atoms with Gasteiger partial charge in [-0.25, -0.2) is 9.78 Å². The van der Waals surface area contributed by atoms with Crippen molar-refractivity contribution in [3.8, 4) is 11.5 Å². The minimum atomic E-state index is -1.07. The van der Waals surface area contributed by atoms with Gasteiger partial charge in [0.05, 0.1) is 24.4 Å². The Morgan fingerprint density at radius 3 is 2.61 bits per heavy atom. The Labute approximate surface area is 210 Å². The lowest BCUT2D eigenvalue weighted by atomic mass is 9.95. The molecule has 184 valence electrons. The predicted octanol–water partition coefficient (Wildman–Crippen LogP) is 4.13. The molecule has 2 heterocycles. The van der Waals surface area contributed by atoms with Gasteiger partial charge < -0.3 is 19.7 Å². The van der Waals surface area contributed by atoms with Crippen LogP contribution >= 0.6 is 11.3 Å². The van der Waals surface area contributed by atoms with Crippen LogP contribution in [0.25, 0.3) is 5.76 Å². The summed E-state index contributed by atoms with van der Waals surface area (Å²) in [5.41, 5.74) is 0.881. The smallest absolute Gasteiger partial charge is 0.350 e. The molecule has 0 radical (unpaired) electrons. The second kappa shape index (κ2) is 10.0. The number of aromatic nitrogens is 1. The van der Waals surface area contributed by atoms with Gasteiger partial charge in [-0.15, -0.1) is 0 Å². The summed E-state index contributed by atoms with van der Waals surface area (Å²) in [5.74, 6) is -2.43. The molecule has 1 aliphatic rings. The first-order valence-electron chi connectivity index (χ1n) is 10.8. The number of anilines is 1. The van der Waals surface area contributed by atoms with Gasteiger partial charge in [0.1, 0.15) is 28.7 Å². The number of hydrogen-bond donors (Lipinski definition) is 2. The minimum absolute atomic E-state index is 0.00404. The number of rotatable bonds is 7. The third kappa shape index (κ3) is 4.46. The molecule has 1 aromatic heterocycles. The number of esters is 1. The molecule has 36 heavy (non-hydrogen) atoms.